The van der Waals surface area contributed by atoms with Crippen molar-refractivity contribution in [2.75, 3.05) is 9.80 Å². The van der Waals surface area contributed by atoms with Crippen molar-refractivity contribution in [1.29, 1.82) is 0 Å². The maximum Gasteiger partial charge on any atom is 0.0772 e. The Morgan fingerprint density at radius 1 is 0.368 bits per heavy atom. The van der Waals surface area contributed by atoms with Gasteiger partial charge in [-0.3, -0.25) is 9.97 Å². The van der Waals surface area contributed by atoms with E-state index in [0.29, 0.717) is 0 Å². The van der Waals surface area contributed by atoms with Gasteiger partial charge in [-0.05, 0) is 123 Å². The number of benzene rings is 7. The number of hydrogen-bond donors (Lipinski definition) is 0. The van der Waals surface area contributed by atoms with Crippen LogP contribution in [0.2, 0.25) is 0 Å². The molecule has 0 radical (unpaired) electrons. The Hall–Kier alpha value is -7.56. The Morgan fingerprint density at radius 2 is 0.842 bits per heavy atom. The Labute approximate surface area is 333 Å². The van der Waals surface area contributed by atoms with E-state index in [2.05, 4.69) is 204 Å². The standard InChI is InChI=1S/C53H38N4/c1-4-14-39(15-5-1)40-24-29-47(30-25-40)56(45-18-6-2-7-19-45)48-31-26-41(27-32-48)42-28-33-52-50(36-42)53(43-16-12-34-54-37-43,44-17-13-35-55-38-44)49-22-10-11-23-51(49)57(52)46-20-8-3-9-21-46/h1-38H. The lowest BCUT2D eigenvalue weighted by Gasteiger charge is -2.46. The molecule has 0 unspecified atom stereocenters. The number of anilines is 6. The van der Waals surface area contributed by atoms with Crippen molar-refractivity contribution in [2.24, 2.45) is 0 Å². The van der Waals surface area contributed by atoms with Gasteiger partial charge in [-0.1, -0.05) is 127 Å². The van der Waals surface area contributed by atoms with E-state index in [0.717, 1.165) is 61.9 Å². The molecular weight excluding hydrogens is 693 g/mol. The highest BCUT2D eigenvalue weighted by Gasteiger charge is 2.47. The second-order valence-electron chi connectivity index (χ2n) is 14.3. The van der Waals surface area contributed by atoms with Gasteiger partial charge in [0.2, 0.25) is 0 Å². The molecule has 270 valence electrons. The van der Waals surface area contributed by atoms with Crippen molar-refractivity contribution >= 4 is 34.1 Å². The van der Waals surface area contributed by atoms with Crippen LogP contribution in [0.15, 0.2) is 231 Å². The summed E-state index contributed by atoms with van der Waals surface area (Å²) in [5, 5.41) is 0. The van der Waals surface area contributed by atoms with Gasteiger partial charge in [0.1, 0.15) is 0 Å². The van der Waals surface area contributed by atoms with Gasteiger partial charge >= 0.3 is 0 Å². The second-order valence-corrected chi connectivity index (χ2v) is 14.3. The molecule has 9 aromatic rings. The highest BCUT2D eigenvalue weighted by molar-refractivity contribution is 5.91. The molecule has 0 bridgehead atoms. The quantitative estimate of drug-likeness (QED) is 0.156. The summed E-state index contributed by atoms with van der Waals surface area (Å²) in [4.78, 5) is 14.1. The Kier molecular flexibility index (Phi) is 8.69. The summed E-state index contributed by atoms with van der Waals surface area (Å²) in [6.07, 6.45) is 7.72. The maximum atomic E-state index is 4.69. The molecular formula is C53H38N4. The normalized spacial score (nSPS) is 12.7. The van der Waals surface area contributed by atoms with E-state index in [9.17, 15) is 0 Å². The van der Waals surface area contributed by atoms with Gasteiger partial charge in [-0.25, -0.2) is 0 Å². The third-order valence-electron chi connectivity index (χ3n) is 11.1. The van der Waals surface area contributed by atoms with Crippen LogP contribution in [0.25, 0.3) is 22.3 Å². The van der Waals surface area contributed by atoms with Crippen LogP contribution >= 0.6 is 0 Å². The molecule has 0 saturated carbocycles. The van der Waals surface area contributed by atoms with Crippen LogP contribution in [0.3, 0.4) is 0 Å². The molecule has 1 aliphatic rings. The molecule has 7 aromatic carbocycles. The van der Waals surface area contributed by atoms with Crippen LogP contribution in [-0.2, 0) is 5.41 Å². The first-order valence-corrected chi connectivity index (χ1v) is 19.3. The van der Waals surface area contributed by atoms with E-state index in [-0.39, 0.29) is 0 Å². The first-order valence-electron chi connectivity index (χ1n) is 19.3. The lowest BCUT2D eigenvalue weighted by molar-refractivity contribution is 0.722. The average molecular weight is 731 g/mol. The largest absolute Gasteiger partial charge is 0.311 e. The molecule has 4 heteroatoms. The number of fused-ring (bicyclic) bond motifs is 2. The molecule has 0 aliphatic carbocycles. The second kappa shape index (κ2) is 14.6. The van der Waals surface area contributed by atoms with Gasteiger partial charge in [0.15, 0.2) is 0 Å². The summed E-state index contributed by atoms with van der Waals surface area (Å²) >= 11 is 0. The molecule has 2 aromatic heterocycles. The van der Waals surface area contributed by atoms with Crippen LogP contribution in [-0.4, -0.2) is 9.97 Å². The molecule has 3 heterocycles. The smallest absolute Gasteiger partial charge is 0.0772 e. The van der Waals surface area contributed by atoms with E-state index >= 15 is 0 Å². The summed E-state index contributed by atoms with van der Waals surface area (Å²) in [6, 6.07) is 73.7. The Balaban J connectivity index is 1.13. The van der Waals surface area contributed by atoms with Gasteiger partial charge in [-0.15, -0.1) is 0 Å². The summed E-state index contributed by atoms with van der Waals surface area (Å²) in [7, 11) is 0. The Bertz CT molecular complexity index is 2720. The van der Waals surface area contributed by atoms with Crippen LogP contribution < -0.4 is 9.80 Å². The van der Waals surface area contributed by atoms with Crippen LogP contribution in [0.4, 0.5) is 34.1 Å². The zero-order chi connectivity index (χ0) is 38.0. The highest BCUT2D eigenvalue weighted by atomic mass is 15.2. The van der Waals surface area contributed by atoms with Gasteiger partial charge in [0, 0.05) is 47.5 Å². The van der Waals surface area contributed by atoms with E-state index < -0.39 is 5.41 Å². The van der Waals surface area contributed by atoms with Crippen LogP contribution in [0, 0.1) is 0 Å². The maximum absolute atomic E-state index is 4.69. The molecule has 1 aliphatic heterocycles. The number of rotatable bonds is 8. The fourth-order valence-corrected chi connectivity index (χ4v) is 8.55. The van der Waals surface area contributed by atoms with Gasteiger partial charge < -0.3 is 9.80 Å². The molecule has 0 spiro atoms. The minimum Gasteiger partial charge on any atom is -0.311 e. The summed E-state index contributed by atoms with van der Waals surface area (Å²) in [5.41, 5.74) is 15.1. The van der Waals surface area contributed by atoms with Crippen molar-refractivity contribution in [1.82, 2.24) is 9.97 Å². The molecule has 0 amide bonds. The predicted octanol–water partition coefficient (Wildman–Crippen LogP) is 13.4. The number of hydrogen-bond acceptors (Lipinski definition) is 4. The summed E-state index contributed by atoms with van der Waals surface area (Å²) in [6.45, 7) is 0. The molecule has 4 nitrogen and oxygen atoms in total. The predicted molar refractivity (Wildman–Crippen MR) is 234 cm³/mol. The molecule has 57 heavy (non-hydrogen) atoms. The van der Waals surface area contributed by atoms with Crippen molar-refractivity contribution in [3.8, 4) is 22.3 Å². The first-order chi connectivity index (χ1) is 28.3. The van der Waals surface area contributed by atoms with Crippen molar-refractivity contribution in [3.63, 3.8) is 0 Å². The van der Waals surface area contributed by atoms with Crippen LogP contribution in [0.1, 0.15) is 22.3 Å². The zero-order valence-corrected chi connectivity index (χ0v) is 31.2. The lowest BCUT2D eigenvalue weighted by atomic mass is 9.62. The SMILES string of the molecule is c1ccc(-c2ccc(N(c3ccccc3)c3ccc(-c4ccc5c(c4)C(c4cccnc4)(c4cccnc4)c4ccccc4N5c4ccccc4)cc3)cc2)cc1. The third kappa shape index (κ3) is 5.96. The fourth-order valence-electron chi connectivity index (χ4n) is 8.55. The number of para-hydroxylation sites is 3. The van der Waals surface area contributed by atoms with Gasteiger partial charge in [0.25, 0.3) is 0 Å². The number of pyridine rings is 2. The third-order valence-corrected chi connectivity index (χ3v) is 11.1. The minimum absolute atomic E-state index is 0.689. The monoisotopic (exact) mass is 730 g/mol. The summed E-state index contributed by atoms with van der Waals surface area (Å²) in [5.74, 6) is 0. The molecule has 0 fully saturated rings. The molecule has 0 saturated heterocycles. The Morgan fingerprint density at radius 3 is 1.44 bits per heavy atom. The van der Waals surface area contributed by atoms with Crippen LogP contribution in [0.5, 0.6) is 0 Å². The fraction of sp³-hybridized carbons (Fsp3) is 0.0189. The van der Waals surface area contributed by atoms with Crippen molar-refractivity contribution in [3.05, 3.63) is 253 Å². The van der Waals surface area contributed by atoms with E-state index in [4.69, 9.17) is 9.97 Å². The molecule has 0 atom stereocenters. The van der Waals surface area contributed by atoms with Crippen molar-refractivity contribution < 1.29 is 0 Å². The van der Waals surface area contributed by atoms with Gasteiger partial charge in [-0.2, -0.15) is 0 Å². The lowest BCUT2D eigenvalue weighted by Crippen LogP contribution is -2.38. The number of aromatic nitrogens is 2. The summed E-state index contributed by atoms with van der Waals surface area (Å²) < 4.78 is 0. The van der Waals surface area contributed by atoms with Gasteiger partial charge in [0.05, 0.1) is 16.8 Å². The topological polar surface area (TPSA) is 32.3 Å². The van der Waals surface area contributed by atoms with Crippen molar-refractivity contribution in [2.45, 2.75) is 5.41 Å². The average Bonchev–Trinajstić information content (AvgIpc) is 3.30. The first kappa shape index (κ1) is 34.0. The minimum atomic E-state index is -0.689. The molecule has 10 rings (SSSR count). The van der Waals surface area contributed by atoms with E-state index in [1.165, 1.54) is 16.7 Å². The highest BCUT2D eigenvalue weighted by Crippen LogP contribution is 2.58. The number of nitrogens with zero attached hydrogens (tertiary/aromatic N) is 4. The molecule has 0 N–H and O–H groups in total. The van der Waals surface area contributed by atoms with E-state index in [1.54, 1.807) is 0 Å². The zero-order valence-electron chi connectivity index (χ0n) is 31.2. The van der Waals surface area contributed by atoms with E-state index in [1.807, 2.05) is 36.9 Å².